The van der Waals surface area contributed by atoms with Gasteiger partial charge in [0.05, 0.1) is 17.5 Å². The number of benzene rings is 1. The number of hydrogen-bond acceptors (Lipinski definition) is 3. The average molecular weight is 175 g/mol. The van der Waals surface area contributed by atoms with Gasteiger partial charge in [0.2, 0.25) is 0 Å². The smallest absolute Gasteiger partial charge is 0.0750 e. The molecule has 1 aliphatic heterocycles. The quantitative estimate of drug-likeness (QED) is 0.643. The van der Waals surface area contributed by atoms with Crippen molar-refractivity contribution in [1.29, 1.82) is 0 Å². The van der Waals surface area contributed by atoms with E-state index < -0.39 is 0 Å². The Morgan fingerprint density at radius 3 is 2.69 bits per heavy atom. The van der Waals surface area contributed by atoms with Crippen LogP contribution in [0.4, 0.5) is 0 Å². The first-order valence-corrected chi connectivity index (χ1v) is 4.14. The molecule has 1 aliphatic rings. The molecule has 1 aromatic carbocycles. The van der Waals surface area contributed by atoms with E-state index in [-0.39, 0.29) is 0 Å². The van der Waals surface area contributed by atoms with Crippen LogP contribution in [0, 0.1) is 4.91 Å². The summed E-state index contributed by atoms with van der Waals surface area (Å²) >= 11 is 0. The zero-order chi connectivity index (χ0) is 9.10. The van der Waals surface area contributed by atoms with Gasteiger partial charge in [-0.15, -0.1) is 10.0 Å². The molecular formula is C9H9N3O. The van der Waals surface area contributed by atoms with E-state index in [1.54, 1.807) is 0 Å². The molecule has 0 spiro atoms. The van der Waals surface area contributed by atoms with Gasteiger partial charge < -0.3 is 0 Å². The molecule has 0 fully saturated rings. The minimum Gasteiger partial charge on any atom is -0.157 e. The van der Waals surface area contributed by atoms with Crippen LogP contribution in [0.2, 0.25) is 0 Å². The predicted molar refractivity (Wildman–Crippen MR) is 50.1 cm³/mol. The molecule has 0 amide bonds. The number of hydrazone groups is 1. The van der Waals surface area contributed by atoms with Crippen molar-refractivity contribution in [2.45, 2.75) is 6.42 Å². The molecule has 2 rings (SSSR count). The highest BCUT2D eigenvalue weighted by Gasteiger charge is 2.15. The van der Waals surface area contributed by atoms with E-state index in [0.717, 1.165) is 17.7 Å². The summed E-state index contributed by atoms with van der Waals surface area (Å²) in [6.07, 6.45) is 0.787. The third-order valence-corrected chi connectivity index (χ3v) is 1.99. The van der Waals surface area contributed by atoms with Crippen LogP contribution in [0.25, 0.3) is 0 Å². The molecule has 0 saturated heterocycles. The minimum atomic E-state index is 0.591. The zero-order valence-electron chi connectivity index (χ0n) is 7.05. The Morgan fingerprint density at radius 1 is 1.31 bits per heavy atom. The molecule has 0 atom stereocenters. The first-order chi connectivity index (χ1) is 6.40. The Balaban J connectivity index is 2.24. The van der Waals surface area contributed by atoms with Crippen LogP contribution in [0.3, 0.4) is 0 Å². The molecule has 1 aromatic rings. The lowest BCUT2D eigenvalue weighted by atomic mass is 10.1. The topological polar surface area (TPSA) is 45.0 Å². The Hall–Kier alpha value is -1.71. The van der Waals surface area contributed by atoms with E-state index in [4.69, 9.17) is 0 Å². The van der Waals surface area contributed by atoms with Crippen molar-refractivity contribution in [3.05, 3.63) is 40.8 Å². The van der Waals surface area contributed by atoms with Gasteiger partial charge in [-0.1, -0.05) is 30.3 Å². The lowest BCUT2D eigenvalue weighted by molar-refractivity contribution is 0.332. The van der Waals surface area contributed by atoms with Crippen LogP contribution in [0.5, 0.6) is 0 Å². The van der Waals surface area contributed by atoms with Gasteiger partial charge in [-0.2, -0.15) is 5.10 Å². The Bertz CT molecular complexity index is 334. The second kappa shape index (κ2) is 3.35. The van der Waals surface area contributed by atoms with E-state index in [9.17, 15) is 4.91 Å². The third kappa shape index (κ3) is 1.56. The number of rotatable bonds is 2. The van der Waals surface area contributed by atoms with E-state index in [1.807, 2.05) is 30.3 Å². The van der Waals surface area contributed by atoms with E-state index >= 15 is 0 Å². The fraction of sp³-hybridized carbons (Fsp3) is 0.222. The van der Waals surface area contributed by atoms with Crippen LogP contribution in [-0.4, -0.2) is 17.4 Å². The number of nitrogens with zero attached hydrogens (tertiary/aromatic N) is 3. The van der Waals surface area contributed by atoms with Crippen molar-refractivity contribution >= 4 is 5.71 Å². The summed E-state index contributed by atoms with van der Waals surface area (Å²) in [6, 6.07) is 9.82. The van der Waals surface area contributed by atoms with Crippen LogP contribution >= 0.6 is 0 Å². The summed E-state index contributed by atoms with van der Waals surface area (Å²) in [5.41, 5.74) is 1.99. The lowest BCUT2D eigenvalue weighted by Gasteiger charge is -1.97. The van der Waals surface area contributed by atoms with Crippen LogP contribution in [0.1, 0.15) is 12.0 Å². The Labute approximate surface area is 75.8 Å². The standard InChI is InChI=1S/C9H9N3O/c13-11-12-7-6-9(10-12)8-4-2-1-3-5-8/h1-5H,6-7H2. The fourth-order valence-electron chi connectivity index (χ4n) is 1.34. The van der Waals surface area contributed by atoms with Gasteiger partial charge in [0.25, 0.3) is 0 Å². The highest BCUT2D eigenvalue weighted by molar-refractivity contribution is 6.01. The monoisotopic (exact) mass is 175 g/mol. The molecule has 4 nitrogen and oxygen atoms in total. The largest absolute Gasteiger partial charge is 0.157 e. The van der Waals surface area contributed by atoms with Crippen molar-refractivity contribution in [3.8, 4) is 0 Å². The van der Waals surface area contributed by atoms with Gasteiger partial charge in [-0.3, -0.25) is 0 Å². The number of hydrogen-bond donors (Lipinski definition) is 0. The summed E-state index contributed by atoms with van der Waals surface area (Å²) in [6.45, 7) is 0.591. The predicted octanol–water partition coefficient (Wildman–Crippen LogP) is 1.78. The van der Waals surface area contributed by atoms with Gasteiger partial charge in [-0.05, 0) is 5.56 Å². The first-order valence-electron chi connectivity index (χ1n) is 4.14. The Kier molecular flexibility index (Phi) is 2.04. The van der Waals surface area contributed by atoms with Gasteiger partial charge in [0.1, 0.15) is 0 Å². The second-order valence-electron chi connectivity index (χ2n) is 2.84. The molecule has 0 saturated carbocycles. The van der Waals surface area contributed by atoms with Crippen molar-refractivity contribution in [2.24, 2.45) is 10.4 Å². The summed E-state index contributed by atoms with van der Waals surface area (Å²) in [5.74, 6) is 0. The van der Waals surface area contributed by atoms with Crippen LogP contribution < -0.4 is 0 Å². The zero-order valence-corrected chi connectivity index (χ0v) is 7.05. The van der Waals surface area contributed by atoms with Crippen molar-refractivity contribution in [3.63, 3.8) is 0 Å². The molecule has 0 radical (unpaired) electrons. The van der Waals surface area contributed by atoms with Crippen LogP contribution in [-0.2, 0) is 0 Å². The summed E-state index contributed by atoms with van der Waals surface area (Å²) in [5, 5.41) is 7.99. The van der Waals surface area contributed by atoms with E-state index in [2.05, 4.69) is 10.4 Å². The SMILES string of the molecule is O=NN1CCC(c2ccccc2)=N1. The molecule has 0 bridgehead atoms. The van der Waals surface area contributed by atoms with Gasteiger partial charge in [0, 0.05) is 6.42 Å². The maximum Gasteiger partial charge on any atom is 0.0750 e. The molecule has 1 heterocycles. The average Bonchev–Trinajstić information content (AvgIpc) is 2.67. The molecule has 0 aromatic heterocycles. The highest BCUT2D eigenvalue weighted by atomic mass is 16.3. The van der Waals surface area contributed by atoms with Crippen molar-refractivity contribution in [2.75, 3.05) is 6.54 Å². The normalized spacial score (nSPS) is 15.7. The maximum absolute atomic E-state index is 10.2. The molecule has 66 valence electrons. The van der Waals surface area contributed by atoms with Gasteiger partial charge >= 0.3 is 0 Å². The molecule has 0 aliphatic carbocycles. The summed E-state index contributed by atoms with van der Waals surface area (Å²) in [7, 11) is 0. The van der Waals surface area contributed by atoms with Gasteiger partial charge in [0.15, 0.2) is 0 Å². The van der Waals surface area contributed by atoms with E-state index in [0.29, 0.717) is 6.54 Å². The summed E-state index contributed by atoms with van der Waals surface area (Å²) < 4.78 is 0. The molecular weight excluding hydrogens is 166 g/mol. The Morgan fingerprint density at radius 2 is 2.08 bits per heavy atom. The highest BCUT2D eigenvalue weighted by Crippen LogP contribution is 2.12. The van der Waals surface area contributed by atoms with Crippen molar-refractivity contribution < 1.29 is 0 Å². The summed E-state index contributed by atoms with van der Waals surface area (Å²) in [4.78, 5) is 10.2. The van der Waals surface area contributed by atoms with E-state index in [1.165, 1.54) is 5.12 Å². The molecule has 0 N–H and O–H groups in total. The second-order valence-corrected chi connectivity index (χ2v) is 2.84. The number of nitroso groups, excluding NO2 is 1. The molecule has 0 unspecified atom stereocenters. The van der Waals surface area contributed by atoms with Crippen LogP contribution in [0.15, 0.2) is 40.7 Å². The molecule has 13 heavy (non-hydrogen) atoms. The lowest BCUT2D eigenvalue weighted by Crippen LogP contribution is -2.02. The van der Waals surface area contributed by atoms with Crippen molar-refractivity contribution in [1.82, 2.24) is 5.12 Å². The fourth-order valence-corrected chi connectivity index (χ4v) is 1.34. The third-order valence-electron chi connectivity index (χ3n) is 1.99. The molecule has 4 heteroatoms. The first kappa shape index (κ1) is 7.91. The maximum atomic E-state index is 10.2. The minimum absolute atomic E-state index is 0.591. The van der Waals surface area contributed by atoms with Gasteiger partial charge in [-0.25, -0.2) is 0 Å².